The molecule has 104 valence electrons. The summed E-state index contributed by atoms with van der Waals surface area (Å²) >= 11 is 1.62. The Bertz CT molecular complexity index is 613. The Morgan fingerprint density at radius 2 is 2.20 bits per heavy atom. The zero-order valence-corrected chi connectivity index (χ0v) is 12.8. The summed E-state index contributed by atoms with van der Waals surface area (Å²) in [7, 11) is 0. The normalized spacial score (nSPS) is 12.3. The lowest BCUT2D eigenvalue weighted by molar-refractivity contribution is 0.0293. The fraction of sp³-hybridized carbons (Fsp3) is 0.375. The number of hydrogen-bond acceptors (Lipinski definition) is 4. The molecule has 0 saturated carbocycles. The molecule has 0 radical (unpaired) electrons. The highest BCUT2D eigenvalue weighted by Crippen LogP contribution is 2.31. The molecule has 0 aliphatic carbocycles. The summed E-state index contributed by atoms with van der Waals surface area (Å²) in [6.45, 7) is 6.96. The minimum absolute atomic E-state index is 0.0397. The molecule has 20 heavy (non-hydrogen) atoms. The molecule has 0 bridgehead atoms. The van der Waals surface area contributed by atoms with E-state index in [0.29, 0.717) is 18.1 Å². The van der Waals surface area contributed by atoms with E-state index in [1.165, 1.54) is 0 Å². The molecule has 1 atom stereocenters. The number of nitriles is 1. The first-order valence-electron chi connectivity index (χ1n) is 6.73. The minimum atomic E-state index is 0.0397. The van der Waals surface area contributed by atoms with E-state index < -0.39 is 0 Å². The highest BCUT2D eigenvalue weighted by molar-refractivity contribution is 7.10. The smallest absolute Gasteiger partial charge is 0.122 e. The maximum absolute atomic E-state index is 8.96. The van der Waals surface area contributed by atoms with Gasteiger partial charge >= 0.3 is 0 Å². The molecule has 2 aromatic rings. The van der Waals surface area contributed by atoms with Crippen molar-refractivity contribution >= 4 is 11.3 Å². The first-order chi connectivity index (χ1) is 9.65. The number of thiazole rings is 1. The first kappa shape index (κ1) is 14.7. The van der Waals surface area contributed by atoms with Crippen LogP contribution in [0.15, 0.2) is 29.6 Å². The van der Waals surface area contributed by atoms with Gasteiger partial charge in [0.25, 0.3) is 0 Å². The molecule has 0 N–H and O–H groups in total. The maximum Gasteiger partial charge on any atom is 0.122 e. The summed E-state index contributed by atoms with van der Waals surface area (Å²) < 4.78 is 5.78. The Kier molecular flexibility index (Phi) is 4.89. The van der Waals surface area contributed by atoms with Crippen molar-refractivity contribution in [1.82, 2.24) is 4.98 Å². The van der Waals surface area contributed by atoms with Gasteiger partial charge in [0, 0.05) is 17.6 Å². The van der Waals surface area contributed by atoms with Crippen LogP contribution in [-0.2, 0) is 4.74 Å². The van der Waals surface area contributed by atoms with E-state index in [0.717, 1.165) is 16.3 Å². The van der Waals surface area contributed by atoms with Crippen molar-refractivity contribution in [2.45, 2.75) is 26.9 Å². The van der Waals surface area contributed by atoms with Crippen LogP contribution in [0.5, 0.6) is 0 Å². The summed E-state index contributed by atoms with van der Waals surface area (Å²) in [4.78, 5) is 4.68. The fourth-order valence-electron chi connectivity index (χ4n) is 2.03. The van der Waals surface area contributed by atoms with Crippen LogP contribution in [0.2, 0.25) is 0 Å². The van der Waals surface area contributed by atoms with Crippen LogP contribution in [0.1, 0.15) is 37.4 Å². The SMILES string of the molecule is CCOC(c1nc(-c2cccc(C#N)c2)cs1)C(C)C. The molecule has 1 unspecified atom stereocenters. The van der Waals surface area contributed by atoms with Crippen molar-refractivity contribution in [2.75, 3.05) is 6.61 Å². The molecule has 0 aliphatic rings. The second-order valence-electron chi connectivity index (χ2n) is 4.88. The highest BCUT2D eigenvalue weighted by atomic mass is 32.1. The topological polar surface area (TPSA) is 45.9 Å². The Labute approximate surface area is 123 Å². The van der Waals surface area contributed by atoms with Gasteiger partial charge in [-0.1, -0.05) is 26.0 Å². The van der Waals surface area contributed by atoms with Gasteiger partial charge in [0.1, 0.15) is 11.1 Å². The lowest BCUT2D eigenvalue weighted by Gasteiger charge is -2.18. The van der Waals surface area contributed by atoms with Gasteiger partial charge in [-0.3, -0.25) is 0 Å². The molecule has 0 spiro atoms. The summed E-state index contributed by atoms with van der Waals surface area (Å²) in [5, 5.41) is 12.0. The van der Waals surface area contributed by atoms with Crippen molar-refractivity contribution in [2.24, 2.45) is 5.92 Å². The third-order valence-electron chi connectivity index (χ3n) is 3.00. The van der Waals surface area contributed by atoms with E-state index >= 15 is 0 Å². The number of rotatable bonds is 5. The van der Waals surface area contributed by atoms with Gasteiger partial charge < -0.3 is 4.74 Å². The number of ether oxygens (including phenoxy) is 1. The van der Waals surface area contributed by atoms with Gasteiger partial charge in [-0.25, -0.2) is 4.98 Å². The molecular weight excluding hydrogens is 268 g/mol. The van der Waals surface area contributed by atoms with Crippen molar-refractivity contribution in [1.29, 1.82) is 5.26 Å². The molecule has 0 aliphatic heterocycles. The largest absolute Gasteiger partial charge is 0.371 e. The molecule has 1 heterocycles. The number of benzene rings is 1. The van der Waals surface area contributed by atoms with E-state index in [-0.39, 0.29) is 6.10 Å². The average Bonchev–Trinajstić information content (AvgIpc) is 2.94. The predicted molar refractivity (Wildman–Crippen MR) is 81.5 cm³/mol. The number of aromatic nitrogens is 1. The molecule has 0 amide bonds. The highest BCUT2D eigenvalue weighted by Gasteiger charge is 2.20. The molecular formula is C16H18N2OS. The average molecular weight is 286 g/mol. The van der Waals surface area contributed by atoms with Crippen molar-refractivity contribution in [3.63, 3.8) is 0 Å². The van der Waals surface area contributed by atoms with E-state index in [1.807, 2.05) is 30.5 Å². The van der Waals surface area contributed by atoms with Crippen LogP contribution < -0.4 is 0 Å². The quantitative estimate of drug-likeness (QED) is 0.817. The van der Waals surface area contributed by atoms with Gasteiger partial charge in [-0.15, -0.1) is 11.3 Å². The number of hydrogen-bond donors (Lipinski definition) is 0. The second-order valence-corrected chi connectivity index (χ2v) is 5.77. The number of nitrogens with zero attached hydrogens (tertiary/aromatic N) is 2. The Morgan fingerprint density at radius 3 is 2.85 bits per heavy atom. The zero-order valence-electron chi connectivity index (χ0n) is 12.0. The monoisotopic (exact) mass is 286 g/mol. The predicted octanol–water partition coefficient (Wildman–Crippen LogP) is 4.42. The molecule has 2 rings (SSSR count). The third kappa shape index (κ3) is 3.24. The lowest BCUT2D eigenvalue weighted by atomic mass is 10.1. The Balaban J connectivity index is 2.30. The first-order valence-corrected chi connectivity index (χ1v) is 7.61. The zero-order chi connectivity index (χ0) is 14.5. The van der Waals surface area contributed by atoms with Crippen LogP contribution in [0.4, 0.5) is 0 Å². The van der Waals surface area contributed by atoms with Gasteiger partial charge in [0.15, 0.2) is 0 Å². The van der Waals surface area contributed by atoms with E-state index in [9.17, 15) is 0 Å². The Hall–Kier alpha value is -1.70. The molecule has 3 nitrogen and oxygen atoms in total. The summed E-state index contributed by atoms with van der Waals surface area (Å²) in [5.74, 6) is 0.388. The van der Waals surface area contributed by atoms with Crippen LogP contribution in [0, 0.1) is 17.2 Å². The molecule has 0 saturated heterocycles. The summed E-state index contributed by atoms with van der Waals surface area (Å²) in [5.41, 5.74) is 2.54. The van der Waals surface area contributed by atoms with Gasteiger partial charge in [-0.05, 0) is 25.0 Å². The molecule has 0 fully saturated rings. The van der Waals surface area contributed by atoms with Crippen LogP contribution in [-0.4, -0.2) is 11.6 Å². The Morgan fingerprint density at radius 1 is 1.40 bits per heavy atom. The van der Waals surface area contributed by atoms with Crippen LogP contribution in [0.25, 0.3) is 11.3 Å². The van der Waals surface area contributed by atoms with Crippen LogP contribution >= 0.6 is 11.3 Å². The molecule has 4 heteroatoms. The van der Waals surface area contributed by atoms with Crippen LogP contribution in [0.3, 0.4) is 0 Å². The van der Waals surface area contributed by atoms with E-state index in [4.69, 9.17) is 10.00 Å². The summed E-state index contributed by atoms with van der Waals surface area (Å²) in [6.07, 6.45) is 0.0397. The fourth-order valence-corrected chi connectivity index (χ4v) is 3.07. The third-order valence-corrected chi connectivity index (χ3v) is 3.91. The van der Waals surface area contributed by atoms with E-state index in [1.54, 1.807) is 17.4 Å². The van der Waals surface area contributed by atoms with Crippen molar-refractivity contribution in [3.8, 4) is 17.3 Å². The minimum Gasteiger partial charge on any atom is -0.371 e. The van der Waals surface area contributed by atoms with Gasteiger partial charge in [0.05, 0.1) is 17.3 Å². The van der Waals surface area contributed by atoms with Crippen molar-refractivity contribution < 1.29 is 4.74 Å². The maximum atomic E-state index is 8.96. The molecule has 1 aromatic heterocycles. The second kappa shape index (κ2) is 6.65. The standard InChI is InChI=1S/C16H18N2OS/c1-4-19-15(11(2)3)16-18-14(10-20-16)13-7-5-6-12(8-13)9-17/h5-8,10-11,15H,4H2,1-3H3. The van der Waals surface area contributed by atoms with Crippen molar-refractivity contribution in [3.05, 3.63) is 40.2 Å². The molecule has 1 aromatic carbocycles. The van der Waals surface area contributed by atoms with Gasteiger partial charge in [0.2, 0.25) is 0 Å². The van der Waals surface area contributed by atoms with Gasteiger partial charge in [-0.2, -0.15) is 5.26 Å². The summed E-state index contributed by atoms with van der Waals surface area (Å²) in [6, 6.07) is 9.68. The lowest BCUT2D eigenvalue weighted by Crippen LogP contribution is -2.10. The van der Waals surface area contributed by atoms with E-state index in [2.05, 4.69) is 24.9 Å².